The maximum absolute atomic E-state index is 13.9. The van der Waals surface area contributed by atoms with E-state index >= 15 is 0 Å². The summed E-state index contributed by atoms with van der Waals surface area (Å²) in [7, 11) is 0. The highest BCUT2D eigenvalue weighted by atomic mass is 32.1. The van der Waals surface area contributed by atoms with Crippen LogP contribution in [0.25, 0.3) is 20.8 Å². The number of alkyl halides is 3. The molecule has 13 heteroatoms. The molecule has 0 saturated heterocycles. The number of halogens is 3. The minimum Gasteiger partial charge on any atom is -0.396 e. The van der Waals surface area contributed by atoms with Crippen molar-refractivity contribution in [3.05, 3.63) is 52.3 Å². The minimum atomic E-state index is -4.60. The first kappa shape index (κ1) is 25.8. The molecule has 5 atom stereocenters. The summed E-state index contributed by atoms with van der Waals surface area (Å²) in [5, 5.41) is 38.1. The molecule has 1 aliphatic rings. The van der Waals surface area contributed by atoms with Gasteiger partial charge in [-0.15, -0.1) is 22.7 Å². The van der Waals surface area contributed by atoms with E-state index < -0.39 is 36.4 Å². The third-order valence-electron chi connectivity index (χ3n) is 6.38. The zero-order valence-corrected chi connectivity index (χ0v) is 21.1. The summed E-state index contributed by atoms with van der Waals surface area (Å²) in [5.74, 6) is -0.615. The van der Waals surface area contributed by atoms with E-state index in [-0.39, 0.29) is 29.7 Å². The van der Waals surface area contributed by atoms with E-state index in [0.717, 1.165) is 21.6 Å². The molecule has 37 heavy (non-hydrogen) atoms. The van der Waals surface area contributed by atoms with Crippen LogP contribution in [0.1, 0.15) is 23.0 Å². The van der Waals surface area contributed by atoms with Crippen molar-refractivity contribution in [1.82, 2.24) is 15.0 Å². The number of thiazole rings is 1. The first-order valence-electron chi connectivity index (χ1n) is 11.5. The monoisotopic (exact) mass is 551 g/mol. The molecule has 5 rings (SSSR count). The number of benzene rings is 1. The van der Waals surface area contributed by atoms with E-state index in [2.05, 4.69) is 25.6 Å². The van der Waals surface area contributed by atoms with Gasteiger partial charge in [0, 0.05) is 17.4 Å². The summed E-state index contributed by atoms with van der Waals surface area (Å²) in [6, 6.07) is 7.73. The molecule has 1 unspecified atom stereocenters. The molecule has 0 amide bonds. The van der Waals surface area contributed by atoms with Crippen LogP contribution >= 0.6 is 22.7 Å². The van der Waals surface area contributed by atoms with Gasteiger partial charge in [-0.3, -0.25) is 0 Å². The number of hydrogen-bond acceptors (Lipinski definition) is 10. The van der Waals surface area contributed by atoms with Crippen LogP contribution in [0.4, 0.5) is 24.9 Å². The second-order valence-corrected chi connectivity index (χ2v) is 10.9. The average Bonchev–Trinajstić information content (AvgIpc) is 3.58. The van der Waals surface area contributed by atoms with Crippen LogP contribution in [-0.4, -0.2) is 61.3 Å². The molecule has 5 N–H and O–H groups in total. The van der Waals surface area contributed by atoms with Crippen molar-refractivity contribution >= 4 is 44.7 Å². The van der Waals surface area contributed by atoms with Crippen LogP contribution in [0.5, 0.6) is 0 Å². The number of aryl methyl sites for hydroxylation is 1. The van der Waals surface area contributed by atoms with Crippen LogP contribution in [0.15, 0.2) is 41.8 Å². The molecule has 1 aliphatic carbocycles. The van der Waals surface area contributed by atoms with Gasteiger partial charge in [-0.25, -0.2) is 9.97 Å². The molecule has 1 fully saturated rings. The number of aliphatic hydroxyl groups excluding tert-OH is 3. The number of nitrogens with one attached hydrogen (secondary N) is 2. The lowest BCUT2D eigenvalue weighted by Crippen LogP contribution is -2.36. The van der Waals surface area contributed by atoms with Gasteiger partial charge in [0.25, 0.3) is 0 Å². The number of anilines is 2. The summed E-state index contributed by atoms with van der Waals surface area (Å²) in [4.78, 5) is 13.5. The first-order valence-corrected chi connectivity index (χ1v) is 13.2. The fourth-order valence-electron chi connectivity index (χ4n) is 4.50. The molecule has 3 aromatic heterocycles. The molecule has 0 spiro atoms. The van der Waals surface area contributed by atoms with E-state index in [4.69, 9.17) is 0 Å². The highest BCUT2D eigenvalue weighted by molar-refractivity contribution is 7.21. The highest BCUT2D eigenvalue weighted by Gasteiger charge is 2.43. The molecule has 0 radical (unpaired) electrons. The predicted molar refractivity (Wildman–Crippen MR) is 137 cm³/mol. The van der Waals surface area contributed by atoms with Gasteiger partial charge in [0.15, 0.2) is 6.04 Å². The first-order chi connectivity index (χ1) is 17.7. The largest absolute Gasteiger partial charge is 0.413 e. The van der Waals surface area contributed by atoms with Gasteiger partial charge in [-0.2, -0.15) is 18.2 Å². The van der Waals surface area contributed by atoms with Crippen LogP contribution in [0.2, 0.25) is 0 Å². The second-order valence-electron chi connectivity index (χ2n) is 8.89. The second kappa shape index (κ2) is 10.1. The number of aliphatic hydroxyl groups is 3. The number of fused-ring (bicyclic) bond motifs is 1. The molecule has 1 saturated carbocycles. The Labute approximate surface area is 217 Å². The van der Waals surface area contributed by atoms with Crippen molar-refractivity contribution < 1.29 is 28.5 Å². The molecule has 3 heterocycles. The predicted octanol–water partition coefficient (Wildman–Crippen LogP) is 4.35. The maximum Gasteiger partial charge on any atom is 0.413 e. The number of thiophene rings is 1. The fraction of sp³-hybridized carbons (Fsp3) is 0.375. The van der Waals surface area contributed by atoms with Crippen LogP contribution in [-0.2, 0) is 0 Å². The van der Waals surface area contributed by atoms with Gasteiger partial charge in [0.2, 0.25) is 5.95 Å². The third-order valence-corrected chi connectivity index (χ3v) is 8.38. The van der Waals surface area contributed by atoms with E-state index in [0.29, 0.717) is 16.3 Å². The number of aromatic nitrogens is 3. The smallest absolute Gasteiger partial charge is 0.396 e. The zero-order valence-electron chi connectivity index (χ0n) is 19.5. The molecule has 0 bridgehead atoms. The zero-order chi connectivity index (χ0) is 26.3. The van der Waals surface area contributed by atoms with Crippen molar-refractivity contribution in [1.29, 1.82) is 0 Å². The lowest BCUT2D eigenvalue weighted by atomic mass is 10.1. The van der Waals surface area contributed by atoms with Gasteiger partial charge < -0.3 is 26.0 Å². The Morgan fingerprint density at radius 2 is 1.86 bits per heavy atom. The lowest BCUT2D eigenvalue weighted by Gasteiger charge is -2.23. The summed E-state index contributed by atoms with van der Waals surface area (Å²) >= 11 is 2.35. The minimum absolute atomic E-state index is 0.0682. The summed E-state index contributed by atoms with van der Waals surface area (Å²) in [6.07, 6.45) is -6.71. The molecule has 4 aromatic rings. The van der Waals surface area contributed by atoms with Crippen LogP contribution < -0.4 is 10.6 Å². The van der Waals surface area contributed by atoms with Gasteiger partial charge >= 0.3 is 6.18 Å². The number of nitrogens with zero attached hydrogens (tertiary/aromatic N) is 3. The van der Waals surface area contributed by atoms with E-state index in [1.807, 2.05) is 24.3 Å². The van der Waals surface area contributed by atoms with Gasteiger partial charge in [0.05, 0.1) is 33.6 Å². The summed E-state index contributed by atoms with van der Waals surface area (Å²) < 4.78 is 42.7. The number of rotatable bonds is 7. The molecule has 8 nitrogen and oxygen atoms in total. The average molecular weight is 552 g/mol. The lowest BCUT2D eigenvalue weighted by molar-refractivity contribution is -0.143. The fourth-order valence-corrected chi connectivity index (χ4v) is 6.36. The van der Waals surface area contributed by atoms with E-state index in [1.54, 1.807) is 18.4 Å². The number of para-hydroxylation sites is 1. The molecule has 0 aliphatic heterocycles. The highest BCUT2D eigenvalue weighted by Crippen LogP contribution is 2.40. The van der Waals surface area contributed by atoms with Crippen molar-refractivity contribution in [2.24, 2.45) is 5.92 Å². The Morgan fingerprint density at radius 3 is 2.51 bits per heavy atom. The normalized spacial score (nSPS) is 22.9. The van der Waals surface area contributed by atoms with E-state index in [9.17, 15) is 28.5 Å². The summed E-state index contributed by atoms with van der Waals surface area (Å²) in [5.41, 5.74) is 1.63. The molecule has 1 aromatic carbocycles. The topological polar surface area (TPSA) is 123 Å². The Hall–Kier alpha value is -2.84. The van der Waals surface area contributed by atoms with Gasteiger partial charge in [0.1, 0.15) is 16.9 Å². The van der Waals surface area contributed by atoms with E-state index in [1.165, 1.54) is 17.4 Å². The van der Waals surface area contributed by atoms with Crippen LogP contribution in [0, 0.1) is 12.8 Å². The van der Waals surface area contributed by atoms with Crippen molar-refractivity contribution in [3.8, 4) is 10.6 Å². The standard InChI is InChI=1S/C24H24F3N5O3S2/c1-11-17(22-30-13-5-2-3-6-15(13)37-22)21(29-14-9-12(10-33)18(34)19(14)35)32-23(28-11)31-20(24(25,26)27)16-7-4-8-36-16/h2-8,12,14,18-20,33-35H,9-10H2,1H3,(H2,28,29,31,32)/t12-,14?,18-,19+,20+/m1/s1. The molecular weight excluding hydrogens is 527 g/mol. The Kier molecular flexibility index (Phi) is 7.07. The molecular formula is C24H24F3N5O3S2. The summed E-state index contributed by atoms with van der Waals surface area (Å²) in [6.45, 7) is 1.34. The quantitative estimate of drug-likeness (QED) is 0.230. The SMILES string of the molecule is Cc1nc(N[C@@H](c2cccs2)C(F)(F)F)nc(NC2C[C@H](CO)[C@@H](O)[C@H]2O)c1-c1nc2ccccc2s1. The van der Waals surface area contributed by atoms with Crippen LogP contribution in [0.3, 0.4) is 0 Å². The molecule has 196 valence electrons. The third kappa shape index (κ3) is 5.14. The number of hydrogen-bond donors (Lipinski definition) is 5. The Bertz CT molecular complexity index is 1350. The van der Waals surface area contributed by atoms with Gasteiger partial charge in [-0.1, -0.05) is 18.2 Å². The van der Waals surface area contributed by atoms with Gasteiger partial charge in [-0.05, 0) is 36.9 Å². The van der Waals surface area contributed by atoms with Crippen molar-refractivity contribution in [3.63, 3.8) is 0 Å². The maximum atomic E-state index is 13.9. The van der Waals surface area contributed by atoms with Crippen molar-refractivity contribution in [2.75, 3.05) is 17.2 Å². The Morgan fingerprint density at radius 1 is 1.08 bits per heavy atom. The van der Waals surface area contributed by atoms with Crippen molar-refractivity contribution in [2.45, 2.75) is 43.8 Å². The Balaban J connectivity index is 1.57.